The second kappa shape index (κ2) is 4.09. The Kier molecular flexibility index (Phi) is 3.04. The van der Waals surface area contributed by atoms with E-state index in [2.05, 4.69) is 59.0 Å². The highest BCUT2D eigenvalue weighted by molar-refractivity contribution is 5.96. The van der Waals surface area contributed by atoms with Crippen molar-refractivity contribution in [3.05, 3.63) is 29.8 Å². The number of fused-ring (bicyclic) bond motifs is 1. The smallest absolute Gasteiger partial charge is 0.225 e. The van der Waals surface area contributed by atoms with Crippen LogP contribution in [0, 0.1) is 10.8 Å². The van der Waals surface area contributed by atoms with Crippen molar-refractivity contribution < 1.29 is 4.79 Å². The number of carbonyl (C=O) groups excluding carboxylic acids is 1. The van der Waals surface area contributed by atoms with Crippen LogP contribution < -0.4 is 5.32 Å². The summed E-state index contributed by atoms with van der Waals surface area (Å²) in [4.78, 5) is 12.2. The third kappa shape index (κ3) is 1.98. The molecule has 2 rings (SSSR count). The van der Waals surface area contributed by atoms with Crippen LogP contribution in [0.1, 0.15) is 53.5 Å². The van der Waals surface area contributed by atoms with Gasteiger partial charge < -0.3 is 5.32 Å². The summed E-state index contributed by atoms with van der Waals surface area (Å²) in [7, 11) is 0. The first-order valence-electron chi connectivity index (χ1n) is 6.99. The number of anilines is 1. The van der Waals surface area contributed by atoms with E-state index in [0.717, 1.165) is 5.69 Å². The van der Waals surface area contributed by atoms with Crippen LogP contribution in [-0.4, -0.2) is 5.91 Å². The molecule has 2 nitrogen and oxygen atoms in total. The van der Waals surface area contributed by atoms with Gasteiger partial charge in [-0.15, -0.1) is 0 Å². The van der Waals surface area contributed by atoms with Crippen molar-refractivity contribution in [3.63, 3.8) is 0 Å². The van der Waals surface area contributed by atoms with Gasteiger partial charge in [-0.25, -0.2) is 0 Å². The molecule has 0 spiro atoms. The van der Waals surface area contributed by atoms with Gasteiger partial charge in [-0.05, 0) is 22.5 Å². The van der Waals surface area contributed by atoms with Crippen LogP contribution >= 0.6 is 0 Å². The summed E-state index contributed by atoms with van der Waals surface area (Å²) in [6.45, 7) is 13.5. The number of para-hydroxylation sites is 1. The summed E-state index contributed by atoms with van der Waals surface area (Å²) >= 11 is 0. The Morgan fingerprint density at radius 2 is 1.53 bits per heavy atom. The lowest BCUT2D eigenvalue weighted by Crippen LogP contribution is -2.54. The summed E-state index contributed by atoms with van der Waals surface area (Å²) in [5, 5.41) is 3.02. The Morgan fingerprint density at radius 3 is 2.05 bits per heavy atom. The maximum atomic E-state index is 12.2. The van der Waals surface area contributed by atoms with E-state index in [0.29, 0.717) is 6.42 Å². The molecule has 1 amide bonds. The zero-order chi connectivity index (χ0) is 14.5. The standard InChI is InChI=1S/C17H25NO/c1-15(2,3)17(16(4,5)6)11-14(19)18-13-10-8-7-9-12(13)17/h7-10H,11H2,1-6H3,(H,18,19). The minimum absolute atomic E-state index is 0.0130. The summed E-state index contributed by atoms with van der Waals surface area (Å²) < 4.78 is 0. The first-order valence-corrected chi connectivity index (χ1v) is 6.99. The highest BCUT2D eigenvalue weighted by atomic mass is 16.1. The normalized spacial score (nSPS) is 18.7. The maximum absolute atomic E-state index is 12.2. The predicted octanol–water partition coefficient (Wildman–Crippen LogP) is 4.36. The third-order valence-corrected chi connectivity index (χ3v) is 4.65. The van der Waals surface area contributed by atoms with Crippen molar-refractivity contribution in [3.8, 4) is 0 Å². The van der Waals surface area contributed by atoms with Crippen LogP contribution in [0.3, 0.4) is 0 Å². The minimum Gasteiger partial charge on any atom is -0.326 e. The van der Waals surface area contributed by atoms with Crippen LogP contribution in [0.5, 0.6) is 0 Å². The molecular weight excluding hydrogens is 234 g/mol. The molecule has 2 heteroatoms. The van der Waals surface area contributed by atoms with E-state index >= 15 is 0 Å². The van der Waals surface area contributed by atoms with E-state index in [1.54, 1.807) is 0 Å². The second-order valence-electron chi connectivity index (χ2n) is 7.68. The Labute approximate surface area is 116 Å². The lowest BCUT2D eigenvalue weighted by Gasteiger charge is -2.56. The molecule has 1 aromatic carbocycles. The Bertz CT molecular complexity index is 489. The third-order valence-electron chi connectivity index (χ3n) is 4.65. The quantitative estimate of drug-likeness (QED) is 0.737. The lowest BCUT2D eigenvalue weighted by atomic mass is 9.49. The monoisotopic (exact) mass is 259 g/mol. The number of hydrogen-bond acceptors (Lipinski definition) is 1. The molecule has 0 fully saturated rings. The number of benzene rings is 1. The molecule has 0 saturated carbocycles. The molecule has 1 N–H and O–H groups in total. The van der Waals surface area contributed by atoms with E-state index in [1.165, 1.54) is 5.56 Å². The molecule has 0 atom stereocenters. The molecular formula is C17H25NO. The summed E-state index contributed by atoms with van der Waals surface area (Å²) in [6.07, 6.45) is 0.553. The molecule has 1 aromatic rings. The summed E-state index contributed by atoms with van der Waals surface area (Å²) in [6, 6.07) is 8.24. The van der Waals surface area contributed by atoms with Crippen LogP contribution in [0.15, 0.2) is 24.3 Å². The van der Waals surface area contributed by atoms with Crippen LogP contribution in [0.25, 0.3) is 0 Å². The highest BCUT2D eigenvalue weighted by Gasteiger charge is 2.55. The van der Waals surface area contributed by atoms with Crippen molar-refractivity contribution in [2.24, 2.45) is 10.8 Å². The molecule has 19 heavy (non-hydrogen) atoms. The number of nitrogens with one attached hydrogen (secondary N) is 1. The molecule has 1 aliphatic heterocycles. The van der Waals surface area contributed by atoms with Gasteiger partial charge in [0.25, 0.3) is 0 Å². The van der Waals surface area contributed by atoms with Gasteiger partial charge in [0, 0.05) is 17.5 Å². The number of carbonyl (C=O) groups is 1. The summed E-state index contributed by atoms with van der Waals surface area (Å²) in [5.41, 5.74) is 2.12. The van der Waals surface area contributed by atoms with Gasteiger partial charge >= 0.3 is 0 Å². The van der Waals surface area contributed by atoms with Gasteiger partial charge in [0.2, 0.25) is 5.91 Å². The fourth-order valence-electron chi connectivity index (χ4n) is 3.96. The molecule has 0 saturated heterocycles. The van der Waals surface area contributed by atoms with Crippen molar-refractivity contribution in [1.29, 1.82) is 0 Å². The van der Waals surface area contributed by atoms with E-state index in [1.807, 2.05) is 12.1 Å². The topological polar surface area (TPSA) is 29.1 Å². The van der Waals surface area contributed by atoms with Gasteiger partial charge in [-0.2, -0.15) is 0 Å². The molecule has 0 unspecified atom stereocenters. The molecule has 104 valence electrons. The van der Waals surface area contributed by atoms with Crippen LogP contribution in [-0.2, 0) is 10.2 Å². The first-order chi connectivity index (χ1) is 8.59. The van der Waals surface area contributed by atoms with Crippen molar-refractivity contribution in [2.75, 3.05) is 5.32 Å². The average Bonchev–Trinajstić information content (AvgIpc) is 2.24. The zero-order valence-electron chi connectivity index (χ0n) is 12.9. The lowest BCUT2D eigenvalue weighted by molar-refractivity contribution is -0.121. The van der Waals surface area contributed by atoms with Gasteiger partial charge in [0.15, 0.2) is 0 Å². The Morgan fingerprint density at radius 1 is 1.00 bits per heavy atom. The van der Waals surface area contributed by atoms with Crippen molar-refractivity contribution in [1.82, 2.24) is 0 Å². The fraction of sp³-hybridized carbons (Fsp3) is 0.588. The van der Waals surface area contributed by atoms with Gasteiger partial charge in [-0.1, -0.05) is 59.7 Å². The average molecular weight is 259 g/mol. The first kappa shape index (κ1) is 14.1. The Hall–Kier alpha value is -1.31. The zero-order valence-corrected chi connectivity index (χ0v) is 12.9. The van der Waals surface area contributed by atoms with Gasteiger partial charge in [-0.3, -0.25) is 4.79 Å². The molecule has 0 radical (unpaired) electrons. The fourth-order valence-corrected chi connectivity index (χ4v) is 3.96. The van der Waals surface area contributed by atoms with Crippen molar-refractivity contribution in [2.45, 2.75) is 53.4 Å². The van der Waals surface area contributed by atoms with Crippen molar-refractivity contribution >= 4 is 11.6 Å². The largest absolute Gasteiger partial charge is 0.326 e. The van der Waals surface area contributed by atoms with Gasteiger partial charge in [0.1, 0.15) is 0 Å². The van der Waals surface area contributed by atoms with E-state index in [4.69, 9.17) is 0 Å². The maximum Gasteiger partial charge on any atom is 0.225 e. The molecule has 1 aliphatic rings. The number of hydrogen-bond donors (Lipinski definition) is 1. The molecule has 0 bridgehead atoms. The van der Waals surface area contributed by atoms with Gasteiger partial charge in [0.05, 0.1) is 0 Å². The van der Waals surface area contributed by atoms with E-state index in [9.17, 15) is 4.79 Å². The molecule has 1 heterocycles. The van der Waals surface area contributed by atoms with E-state index < -0.39 is 0 Å². The van der Waals surface area contributed by atoms with Crippen LogP contribution in [0.2, 0.25) is 0 Å². The van der Waals surface area contributed by atoms with E-state index in [-0.39, 0.29) is 22.2 Å². The molecule has 0 aliphatic carbocycles. The second-order valence-corrected chi connectivity index (χ2v) is 7.68. The Balaban J connectivity index is 2.79. The number of rotatable bonds is 0. The SMILES string of the molecule is CC(C)(C)C1(C(C)(C)C)CC(=O)Nc2ccccc21. The highest BCUT2D eigenvalue weighted by Crippen LogP contribution is 2.58. The molecule has 0 aromatic heterocycles. The predicted molar refractivity (Wildman–Crippen MR) is 80.3 cm³/mol. The number of amides is 1. The van der Waals surface area contributed by atoms with Crippen LogP contribution in [0.4, 0.5) is 5.69 Å². The minimum atomic E-state index is -0.154. The summed E-state index contributed by atoms with van der Waals surface area (Å²) in [5.74, 6) is 0.128.